The molecule has 1 fully saturated rings. The minimum absolute atomic E-state index is 0.0790. The second-order valence-corrected chi connectivity index (χ2v) is 6.99. The number of hydrogen-bond donors (Lipinski definition) is 2. The Morgan fingerprint density at radius 2 is 2.10 bits per heavy atom. The summed E-state index contributed by atoms with van der Waals surface area (Å²) in [5, 5.41) is 5.71. The first-order chi connectivity index (χ1) is 13.9. The van der Waals surface area contributed by atoms with Crippen molar-refractivity contribution in [3.63, 3.8) is 0 Å². The molecule has 2 atom stereocenters. The molecule has 29 heavy (non-hydrogen) atoms. The number of amides is 1. The van der Waals surface area contributed by atoms with Gasteiger partial charge >= 0.3 is 0 Å². The highest BCUT2D eigenvalue weighted by molar-refractivity contribution is 6.02. The molecule has 1 amide bonds. The topological polar surface area (TPSA) is 87.5 Å². The second-order valence-electron chi connectivity index (χ2n) is 6.99. The molecule has 3 aromatic heterocycles. The summed E-state index contributed by atoms with van der Waals surface area (Å²) in [4.78, 5) is 26.7. The molecule has 0 radical (unpaired) electrons. The van der Waals surface area contributed by atoms with Crippen molar-refractivity contribution >= 4 is 23.1 Å². The van der Waals surface area contributed by atoms with Crippen molar-refractivity contribution in [2.45, 2.75) is 26.1 Å². The number of likely N-dealkylation sites (N-methyl/N-ethyl adjacent to an activating group) is 1. The number of imidazole rings is 1. The molecular weight excluding hydrogens is 380 g/mol. The van der Waals surface area contributed by atoms with Crippen LogP contribution >= 0.6 is 0 Å². The molecule has 1 aliphatic heterocycles. The minimum Gasteiger partial charge on any atom is -0.351 e. The lowest BCUT2D eigenvalue weighted by Crippen LogP contribution is -2.37. The third-order valence-electron chi connectivity index (χ3n) is 4.79. The van der Waals surface area contributed by atoms with Crippen LogP contribution in [0.1, 0.15) is 23.1 Å². The Balaban J connectivity index is 1.46. The van der Waals surface area contributed by atoms with E-state index in [0.717, 1.165) is 0 Å². The molecule has 0 unspecified atom stereocenters. The number of halogens is 2. The molecule has 4 heterocycles. The molecule has 8 nitrogen and oxygen atoms in total. The van der Waals surface area contributed by atoms with Gasteiger partial charge in [-0.2, -0.15) is 0 Å². The van der Waals surface area contributed by atoms with E-state index < -0.39 is 17.9 Å². The van der Waals surface area contributed by atoms with E-state index in [0.29, 0.717) is 24.6 Å². The lowest BCUT2D eigenvalue weighted by Gasteiger charge is -2.16. The summed E-state index contributed by atoms with van der Waals surface area (Å²) < 4.78 is 29.7. The predicted octanol–water partition coefficient (Wildman–Crippen LogP) is 1.96. The molecule has 4 rings (SSSR count). The van der Waals surface area contributed by atoms with Gasteiger partial charge in [-0.3, -0.25) is 4.79 Å². The zero-order valence-electron chi connectivity index (χ0n) is 16.1. The lowest BCUT2D eigenvalue weighted by molar-refractivity contribution is 0.102. The first-order valence-corrected chi connectivity index (χ1v) is 9.35. The molecule has 2 N–H and O–H groups in total. The maximum Gasteiger partial charge on any atom is 0.275 e. The van der Waals surface area contributed by atoms with E-state index in [2.05, 4.69) is 25.6 Å². The summed E-state index contributed by atoms with van der Waals surface area (Å²) in [5.41, 5.74) is 1.21. The van der Waals surface area contributed by atoms with Crippen LogP contribution in [0, 0.1) is 12.7 Å². The molecular formula is C19H21F2N7O. The Labute approximate surface area is 166 Å². The number of alkyl halides is 1. The zero-order valence-corrected chi connectivity index (χ0v) is 16.1. The number of aryl methyl sites for hydroxylation is 1. The Hall–Kier alpha value is -3.14. The highest BCUT2D eigenvalue weighted by atomic mass is 19.1. The molecule has 0 spiro atoms. The lowest BCUT2D eigenvalue weighted by atomic mass is 10.2. The molecule has 10 heteroatoms. The number of hydrogen-bond acceptors (Lipinski definition) is 6. The first kappa shape index (κ1) is 19.2. The van der Waals surface area contributed by atoms with Gasteiger partial charge in [-0.25, -0.2) is 23.7 Å². The van der Waals surface area contributed by atoms with Crippen molar-refractivity contribution in [2.24, 2.45) is 0 Å². The predicted molar refractivity (Wildman–Crippen MR) is 104 cm³/mol. The third-order valence-corrected chi connectivity index (χ3v) is 4.79. The van der Waals surface area contributed by atoms with Crippen molar-refractivity contribution in [1.29, 1.82) is 0 Å². The third kappa shape index (κ3) is 3.88. The molecule has 152 valence electrons. The van der Waals surface area contributed by atoms with Crippen molar-refractivity contribution in [1.82, 2.24) is 24.7 Å². The van der Waals surface area contributed by atoms with E-state index >= 15 is 0 Å². The Morgan fingerprint density at radius 3 is 2.83 bits per heavy atom. The summed E-state index contributed by atoms with van der Waals surface area (Å²) in [6.07, 6.45) is 5.02. The molecule has 0 aliphatic carbocycles. The van der Waals surface area contributed by atoms with Gasteiger partial charge in [0, 0.05) is 25.0 Å². The van der Waals surface area contributed by atoms with Gasteiger partial charge in [0.1, 0.15) is 17.7 Å². The number of fused-ring (bicyclic) bond motifs is 1. The number of aromatic nitrogens is 4. The van der Waals surface area contributed by atoms with Crippen LogP contribution in [0.15, 0.2) is 30.9 Å². The van der Waals surface area contributed by atoms with Crippen LogP contribution in [0.5, 0.6) is 0 Å². The molecule has 0 bridgehead atoms. The average molecular weight is 401 g/mol. The van der Waals surface area contributed by atoms with Crippen molar-refractivity contribution < 1.29 is 13.6 Å². The zero-order chi connectivity index (χ0) is 20.5. The van der Waals surface area contributed by atoms with Crippen LogP contribution in [0.3, 0.4) is 0 Å². The number of rotatable bonds is 5. The van der Waals surface area contributed by atoms with E-state index in [-0.39, 0.29) is 29.6 Å². The van der Waals surface area contributed by atoms with Gasteiger partial charge in [-0.15, -0.1) is 0 Å². The van der Waals surface area contributed by atoms with Gasteiger partial charge in [0.25, 0.3) is 5.91 Å². The molecule has 1 saturated heterocycles. The number of carbonyl (C=O) groups excluding carboxylic acids is 1. The van der Waals surface area contributed by atoms with Crippen LogP contribution in [0.25, 0.3) is 5.65 Å². The summed E-state index contributed by atoms with van der Waals surface area (Å²) >= 11 is 0. The van der Waals surface area contributed by atoms with Crippen molar-refractivity contribution in [3.8, 4) is 0 Å². The van der Waals surface area contributed by atoms with Crippen LogP contribution in [-0.4, -0.2) is 57.1 Å². The Bertz CT molecular complexity index is 1040. The minimum atomic E-state index is -0.989. The van der Waals surface area contributed by atoms with Crippen molar-refractivity contribution in [2.75, 3.05) is 29.9 Å². The van der Waals surface area contributed by atoms with E-state index in [1.807, 2.05) is 6.92 Å². The highest BCUT2D eigenvalue weighted by Crippen LogP contribution is 2.20. The van der Waals surface area contributed by atoms with Gasteiger partial charge in [-0.05, 0) is 13.5 Å². The molecule has 1 aliphatic rings. The van der Waals surface area contributed by atoms with Gasteiger partial charge in [0.2, 0.25) is 0 Å². The Morgan fingerprint density at radius 1 is 1.28 bits per heavy atom. The standard InChI is InChI=1S/C19H21F2N7O/c1-3-22-16-10-27(9-14(16)21)17-6-23-15(5-24-17)19(29)26-12-4-13(20)18-25-11(2)7-28(18)8-12/h4-8,14,16,22H,3,9-10H2,1-2H3,(H,26,29)/t14-,16+/m0/s1. The number of anilines is 2. The van der Waals surface area contributed by atoms with E-state index in [9.17, 15) is 13.6 Å². The number of nitrogens with one attached hydrogen (secondary N) is 2. The van der Waals surface area contributed by atoms with E-state index in [1.54, 1.807) is 24.2 Å². The Kier molecular flexibility index (Phi) is 5.10. The van der Waals surface area contributed by atoms with E-state index in [1.165, 1.54) is 22.9 Å². The van der Waals surface area contributed by atoms with Crippen LogP contribution in [0.2, 0.25) is 0 Å². The normalized spacial score (nSPS) is 19.1. The summed E-state index contributed by atoms with van der Waals surface area (Å²) in [6, 6.07) is 0.954. The number of carbonyl (C=O) groups is 1. The van der Waals surface area contributed by atoms with Gasteiger partial charge in [0.05, 0.1) is 36.4 Å². The first-order valence-electron chi connectivity index (χ1n) is 9.35. The fourth-order valence-corrected chi connectivity index (χ4v) is 3.45. The fraction of sp³-hybridized carbons (Fsp3) is 0.368. The number of pyridine rings is 1. The molecule has 3 aromatic rings. The summed E-state index contributed by atoms with van der Waals surface area (Å²) in [6.45, 7) is 5.09. The summed E-state index contributed by atoms with van der Waals surface area (Å²) in [5.74, 6) is -0.553. The maximum atomic E-state index is 14.2. The van der Waals surface area contributed by atoms with Gasteiger partial charge in [-0.1, -0.05) is 6.92 Å². The van der Waals surface area contributed by atoms with Gasteiger partial charge < -0.3 is 19.9 Å². The smallest absolute Gasteiger partial charge is 0.275 e. The van der Waals surface area contributed by atoms with Gasteiger partial charge in [0.15, 0.2) is 11.5 Å². The maximum absolute atomic E-state index is 14.2. The van der Waals surface area contributed by atoms with Crippen LogP contribution in [0.4, 0.5) is 20.3 Å². The fourth-order valence-electron chi connectivity index (χ4n) is 3.45. The van der Waals surface area contributed by atoms with Crippen LogP contribution < -0.4 is 15.5 Å². The van der Waals surface area contributed by atoms with Crippen LogP contribution in [-0.2, 0) is 0 Å². The number of nitrogens with zero attached hydrogens (tertiary/aromatic N) is 5. The average Bonchev–Trinajstić information content (AvgIpc) is 3.25. The molecule has 0 aromatic carbocycles. The highest BCUT2D eigenvalue weighted by Gasteiger charge is 2.33. The SMILES string of the molecule is CCN[C@@H]1CN(c2cnc(C(=O)Nc3cc(F)c4nc(C)cn4c3)cn2)C[C@@H]1F. The second kappa shape index (κ2) is 7.70. The molecule has 0 saturated carbocycles. The van der Waals surface area contributed by atoms with Crippen molar-refractivity contribution in [3.05, 3.63) is 48.1 Å². The largest absolute Gasteiger partial charge is 0.351 e. The van der Waals surface area contributed by atoms with E-state index in [4.69, 9.17) is 0 Å². The summed E-state index contributed by atoms with van der Waals surface area (Å²) in [7, 11) is 0. The quantitative estimate of drug-likeness (QED) is 0.680. The monoisotopic (exact) mass is 401 g/mol.